The molecule has 0 atom stereocenters. The number of nitrogens with zero attached hydrogens (tertiary/aromatic N) is 1. The average molecular weight is 328 g/mol. The lowest BCUT2D eigenvalue weighted by Crippen LogP contribution is -2.45. The van der Waals surface area contributed by atoms with Crippen LogP contribution in [0.25, 0.3) is 0 Å². The minimum Gasteiger partial charge on any atom is -0.376 e. The number of thioether (sulfide) groups is 1. The minimum absolute atomic E-state index is 0.102. The van der Waals surface area contributed by atoms with Gasteiger partial charge in [-0.3, -0.25) is 4.79 Å². The predicted molar refractivity (Wildman–Crippen MR) is 91.9 cm³/mol. The zero-order chi connectivity index (χ0) is 16.3. The molecule has 0 fully saturated rings. The molecule has 0 saturated carbocycles. The number of fused-ring (bicyclic) bond motifs is 1. The number of benzene rings is 1. The first-order valence-corrected chi connectivity index (χ1v) is 8.79. The fraction of sp³-hybridized carbons (Fsp3) is 0.333. The smallest absolute Gasteiger partial charge is 0.254 e. The number of methoxy groups -OCH3 is 1. The van der Waals surface area contributed by atoms with E-state index in [9.17, 15) is 4.79 Å². The van der Waals surface area contributed by atoms with E-state index in [1.807, 2.05) is 18.4 Å². The van der Waals surface area contributed by atoms with E-state index in [0.717, 1.165) is 17.9 Å². The number of amides is 1. The third-order valence-corrected chi connectivity index (χ3v) is 5.07. The van der Waals surface area contributed by atoms with Crippen molar-refractivity contribution in [2.24, 2.45) is 0 Å². The van der Waals surface area contributed by atoms with Gasteiger partial charge in [0.15, 0.2) is 0 Å². The molecule has 4 nitrogen and oxygen atoms in total. The van der Waals surface area contributed by atoms with Gasteiger partial charge >= 0.3 is 0 Å². The van der Waals surface area contributed by atoms with Gasteiger partial charge in [-0.2, -0.15) is 0 Å². The third-order valence-electron chi connectivity index (χ3n) is 4.36. The number of hydrogen-bond acceptors (Lipinski definition) is 4. The molecule has 0 spiro atoms. The molecule has 0 radical (unpaired) electrons. The van der Waals surface area contributed by atoms with Gasteiger partial charge in [0.2, 0.25) is 0 Å². The highest BCUT2D eigenvalue weighted by molar-refractivity contribution is 7.98. The lowest BCUT2D eigenvalue weighted by Gasteiger charge is -2.27. The lowest BCUT2D eigenvalue weighted by atomic mass is 10.00. The summed E-state index contributed by atoms with van der Waals surface area (Å²) in [5.41, 5.74) is 2.85. The highest BCUT2D eigenvalue weighted by Crippen LogP contribution is 2.32. The lowest BCUT2D eigenvalue weighted by molar-refractivity contribution is 0.000147. The fourth-order valence-electron chi connectivity index (χ4n) is 3.06. The zero-order valence-electron chi connectivity index (χ0n) is 13.3. The molecule has 2 aromatic rings. The Hall–Kier alpha value is -1.85. The van der Waals surface area contributed by atoms with Crippen LogP contribution in [0.1, 0.15) is 21.5 Å². The van der Waals surface area contributed by atoms with Gasteiger partial charge in [-0.05, 0) is 29.5 Å². The van der Waals surface area contributed by atoms with E-state index in [0.29, 0.717) is 12.1 Å². The molecule has 1 heterocycles. The summed E-state index contributed by atoms with van der Waals surface area (Å²) in [6, 6.07) is 11.9. The highest BCUT2D eigenvalue weighted by Gasteiger charge is 2.37. The van der Waals surface area contributed by atoms with Gasteiger partial charge < -0.3 is 10.1 Å². The third kappa shape index (κ3) is 3.26. The Kier molecular flexibility index (Phi) is 4.68. The van der Waals surface area contributed by atoms with E-state index in [-0.39, 0.29) is 11.5 Å². The molecule has 0 unspecified atom stereocenters. The van der Waals surface area contributed by atoms with Crippen LogP contribution in [0.15, 0.2) is 47.6 Å². The maximum atomic E-state index is 12.5. The van der Waals surface area contributed by atoms with Crippen LogP contribution in [-0.2, 0) is 17.6 Å². The van der Waals surface area contributed by atoms with Gasteiger partial charge in [0.1, 0.15) is 5.03 Å². The average Bonchev–Trinajstić information content (AvgIpc) is 2.99. The summed E-state index contributed by atoms with van der Waals surface area (Å²) in [5, 5.41) is 3.77. The van der Waals surface area contributed by atoms with Crippen molar-refractivity contribution in [1.82, 2.24) is 10.3 Å². The van der Waals surface area contributed by atoms with Crippen molar-refractivity contribution >= 4 is 17.7 Å². The summed E-state index contributed by atoms with van der Waals surface area (Å²) in [6.45, 7) is 0.486. The zero-order valence-corrected chi connectivity index (χ0v) is 14.2. The van der Waals surface area contributed by atoms with Crippen molar-refractivity contribution in [2.75, 3.05) is 19.9 Å². The molecule has 3 rings (SSSR count). The van der Waals surface area contributed by atoms with E-state index >= 15 is 0 Å². The van der Waals surface area contributed by atoms with Crippen molar-refractivity contribution < 1.29 is 9.53 Å². The van der Waals surface area contributed by atoms with E-state index in [2.05, 4.69) is 22.4 Å². The van der Waals surface area contributed by atoms with E-state index in [4.69, 9.17) is 4.74 Å². The molecule has 5 heteroatoms. The van der Waals surface area contributed by atoms with E-state index in [1.165, 1.54) is 22.9 Å². The van der Waals surface area contributed by atoms with Gasteiger partial charge in [-0.15, -0.1) is 11.8 Å². The number of nitrogens with one attached hydrogen (secondary N) is 1. The number of ether oxygens (including phenoxy) is 1. The second-order valence-corrected chi connectivity index (χ2v) is 6.55. The van der Waals surface area contributed by atoms with Crippen LogP contribution in [-0.4, -0.2) is 36.4 Å². The first-order chi connectivity index (χ1) is 11.2. The summed E-state index contributed by atoms with van der Waals surface area (Å²) < 4.78 is 5.79. The first-order valence-electron chi connectivity index (χ1n) is 7.56. The van der Waals surface area contributed by atoms with Crippen molar-refractivity contribution in [3.63, 3.8) is 0 Å². The van der Waals surface area contributed by atoms with Crippen molar-refractivity contribution in [3.8, 4) is 0 Å². The Morgan fingerprint density at radius 2 is 1.96 bits per heavy atom. The summed E-state index contributed by atoms with van der Waals surface area (Å²) in [4.78, 5) is 16.7. The van der Waals surface area contributed by atoms with Crippen LogP contribution in [0.2, 0.25) is 0 Å². The molecule has 120 valence electrons. The molecule has 0 bridgehead atoms. The van der Waals surface area contributed by atoms with Crippen LogP contribution in [0.5, 0.6) is 0 Å². The molecule has 1 N–H and O–H groups in total. The molecule has 1 amide bonds. The summed E-state index contributed by atoms with van der Waals surface area (Å²) in [6.07, 6.45) is 5.26. The monoisotopic (exact) mass is 328 g/mol. The maximum absolute atomic E-state index is 12.5. The number of pyridine rings is 1. The van der Waals surface area contributed by atoms with Gasteiger partial charge in [0.25, 0.3) is 5.91 Å². The quantitative estimate of drug-likeness (QED) is 0.858. The summed E-state index contributed by atoms with van der Waals surface area (Å²) in [7, 11) is 1.72. The summed E-state index contributed by atoms with van der Waals surface area (Å²) >= 11 is 1.47. The molecule has 23 heavy (non-hydrogen) atoms. The predicted octanol–water partition coefficient (Wildman–Crippen LogP) is 2.72. The SMILES string of the molecule is COC1(CNC(=O)c2cccnc2SC)Cc2ccccc2C1. The Morgan fingerprint density at radius 3 is 2.57 bits per heavy atom. The van der Waals surface area contributed by atoms with Gasteiger partial charge in [0, 0.05) is 32.7 Å². The van der Waals surface area contributed by atoms with Crippen LogP contribution in [0.3, 0.4) is 0 Å². The maximum Gasteiger partial charge on any atom is 0.254 e. The van der Waals surface area contributed by atoms with Crippen molar-refractivity contribution in [3.05, 3.63) is 59.3 Å². The van der Waals surface area contributed by atoms with Crippen molar-refractivity contribution in [1.29, 1.82) is 0 Å². The molecule has 1 aromatic heterocycles. The second-order valence-electron chi connectivity index (χ2n) is 5.75. The van der Waals surface area contributed by atoms with Gasteiger partial charge in [-0.1, -0.05) is 24.3 Å². The molecule has 1 aliphatic rings. The fourth-order valence-corrected chi connectivity index (χ4v) is 3.61. The number of aromatic nitrogens is 1. The number of carbonyl (C=O) groups is 1. The van der Waals surface area contributed by atoms with E-state index < -0.39 is 0 Å². The molecular weight excluding hydrogens is 308 g/mol. The number of hydrogen-bond donors (Lipinski definition) is 1. The van der Waals surface area contributed by atoms with Crippen molar-refractivity contribution in [2.45, 2.75) is 23.5 Å². The molecule has 1 aliphatic carbocycles. The highest BCUT2D eigenvalue weighted by atomic mass is 32.2. The van der Waals surface area contributed by atoms with E-state index in [1.54, 1.807) is 25.4 Å². The standard InChI is InChI=1S/C18H20N2O2S/c1-22-18(10-13-6-3-4-7-14(13)11-18)12-20-16(21)15-8-5-9-19-17(15)23-2/h3-9H,10-12H2,1-2H3,(H,20,21). The van der Waals surface area contributed by atoms with Crippen LogP contribution >= 0.6 is 11.8 Å². The topological polar surface area (TPSA) is 51.2 Å². The number of carbonyl (C=O) groups excluding carboxylic acids is 1. The first kappa shape index (κ1) is 16.0. The molecular formula is C18H20N2O2S. The van der Waals surface area contributed by atoms with Gasteiger partial charge in [0.05, 0.1) is 11.2 Å². The Balaban J connectivity index is 1.71. The van der Waals surface area contributed by atoms with Gasteiger partial charge in [-0.25, -0.2) is 4.98 Å². The van der Waals surface area contributed by atoms with Crippen LogP contribution < -0.4 is 5.32 Å². The Bertz CT molecular complexity index is 693. The number of rotatable bonds is 5. The molecule has 0 saturated heterocycles. The van der Waals surface area contributed by atoms with Crippen LogP contribution in [0.4, 0.5) is 0 Å². The summed E-state index contributed by atoms with van der Waals surface area (Å²) in [5.74, 6) is -0.102. The normalized spacial score (nSPS) is 15.2. The Labute approximate surface area is 140 Å². The molecule has 0 aliphatic heterocycles. The minimum atomic E-state index is -0.360. The second kappa shape index (κ2) is 6.72. The molecule has 1 aromatic carbocycles. The largest absolute Gasteiger partial charge is 0.376 e. The van der Waals surface area contributed by atoms with Crippen LogP contribution in [0, 0.1) is 0 Å². The Morgan fingerprint density at radius 1 is 1.26 bits per heavy atom.